The van der Waals surface area contributed by atoms with Gasteiger partial charge in [-0.15, -0.1) is 0 Å². The van der Waals surface area contributed by atoms with Crippen molar-refractivity contribution in [2.45, 2.75) is 18.9 Å². The highest BCUT2D eigenvalue weighted by atomic mass is 16.6. The minimum atomic E-state index is -1.27. The molecule has 1 fully saturated rings. The van der Waals surface area contributed by atoms with Crippen LogP contribution in [0.3, 0.4) is 0 Å². The third kappa shape index (κ3) is 1.76. The van der Waals surface area contributed by atoms with Crippen LogP contribution in [0.5, 0.6) is 0 Å². The number of cyclic esters (lactones) is 1. The summed E-state index contributed by atoms with van der Waals surface area (Å²) in [7, 11) is 0. The van der Waals surface area contributed by atoms with Crippen molar-refractivity contribution in [3.8, 4) is 0 Å². The summed E-state index contributed by atoms with van der Waals surface area (Å²) in [6, 6.07) is 0. The van der Waals surface area contributed by atoms with Crippen LogP contribution >= 0.6 is 0 Å². The lowest BCUT2D eigenvalue weighted by atomic mass is 10.1. The molecule has 0 radical (unpaired) electrons. The second-order valence-corrected chi connectivity index (χ2v) is 2.24. The molecule has 0 aromatic heterocycles. The van der Waals surface area contributed by atoms with Crippen molar-refractivity contribution in [2.75, 3.05) is 0 Å². The zero-order chi connectivity index (χ0) is 8.43. The fraction of sp³-hybridized carbons (Fsp3) is 0.500. The first-order chi connectivity index (χ1) is 5.09. The van der Waals surface area contributed by atoms with Gasteiger partial charge in [0.25, 0.3) is 0 Å². The standard InChI is InChI=1S/C6H6O5/c7-3-1-4(6(9)10)11-5(8)2-3/h4H,1-2H2,(H,9,10). The van der Waals surface area contributed by atoms with Gasteiger partial charge in [-0.2, -0.15) is 0 Å². The van der Waals surface area contributed by atoms with Crippen molar-refractivity contribution in [3.05, 3.63) is 0 Å². The van der Waals surface area contributed by atoms with Crippen molar-refractivity contribution in [1.82, 2.24) is 0 Å². The normalized spacial score (nSPS) is 24.5. The molecule has 0 saturated carbocycles. The average molecular weight is 158 g/mol. The van der Waals surface area contributed by atoms with E-state index in [-0.39, 0.29) is 18.6 Å². The molecule has 0 spiro atoms. The van der Waals surface area contributed by atoms with Crippen LogP contribution in [0, 0.1) is 0 Å². The number of Topliss-reactive ketones (excluding diaryl/α,β-unsaturated/α-hetero) is 1. The Morgan fingerprint density at radius 3 is 2.64 bits per heavy atom. The van der Waals surface area contributed by atoms with Gasteiger partial charge >= 0.3 is 11.9 Å². The number of aliphatic carboxylic acids is 1. The predicted molar refractivity (Wildman–Crippen MR) is 31.8 cm³/mol. The number of hydrogen-bond donors (Lipinski definition) is 1. The molecule has 5 heteroatoms. The van der Waals surface area contributed by atoms with Crippen LogP contribution in [-0.4, -0.2) is 28.9 Å². The van der Waals surface area contributed by atoms with E-state index < -0.39 is 18.0 Å². The Morgan fingerprint density at radius 1 is 1.55 bits per heavy atom. The number of ether oxygens (including phenoxy) is 1. The first-order valence-electron chi connectivity index (χ1n) is 3.03. The molecule has 11 heavy (non-hydrogen) atoms. The molecule has 0 aromatic rings. The van der Waals surface area contributed by atoms with E-state index in [9.17, 15) is 14.4 Å². The Morgan fingerprint density at radius 2 is 2.18 bits per heavy atom. The smallest absolute Gasteiger partial charge is 0.345 e. The first kappa shape index (κ1) is 7.71. The van der Waals surface area contributed by atoms with Crippen LogP contribution in [0.2, 0.25) is 0 Å². The van der Waals surface area contributed by atoms with Crippen LogP contribution in [0.4, 0.5) is 0 Å². The van der Waals surface area contributed by atoms with Crippen molar-refractivity contribution < 1.29 is 24.2 Å². The Kier molecular flexibility index (Phi) is 1.89. The maximum Gasteiger partial charge on any atom is 0.345 e. The highest BCUT2D eigenvalue weighted by Gasteiger charge is 2.31. The van der Waals surface area contributed by atoms with Gasteiger partial charge in [0.1, 0.15) is 12.2 Å². The van der Waals surface area contributed by atoms with Gasteiger partial charge in [0, 0.05) is 0 Å². The molecule has 1 saturated heterocycles. The molecule has 0 aromatic carbocycles. The third-order valence-corrected chi connectivity index (χ3v) is 1.30. The highest BCUT2D eigenvalue weighted by molar-refractivity contribution is 6.00. The molecule has 0 amide bonds. The van der Waals surface area contributed by atoms with Gasteiger partial charge in [0.05, 0.1) is 6.42 Å². The number of rotatable bonds is 1. The quantitative estimate of drug-likeness (QED) is 0.405. The minimum absolute atomic E-state index is 0.207. The topological polar surface area (TPSA) is 80.7 Å². The summed E-state index contributed by atoms with van der Waals surface area (Å²) in [6.07, 6.45) is -1.78. The van der Waals surface area contributed by atoms with E-state index in [0.717, 1.165) is 0 Å². The predicted octanol–water partition coefficient (Wildman–Crippen LogP) is -0.654. The summed E-state index contributed by atoms with van der Waals surface area (Å²) < 4.78 is 4.36. The molecule has 60 valence electrons. The average Bonchev–Trinajstić information content (AvgIpc) is 1.85. The second kappa shape index (κ2) is 2.69. The van der Waals surface area contributed by atoms with Crippen LogP contribution < -0.4 is 0 Å². The van der Waals surface area contributed by atoms with Gasteiger partial charge in [-0.1, -0.05) is 0 Å². The number of esters is 1. The van der Waals surface area contributed by atoms with Gasteiger partial charge in [0.2, 0.25) is 6.10 Å². The monoisotopic (exact) mass is 158 g/mol. The maximum atomic E-state index is 10.6. The molecule has 1 heterocycles. The lowest BCUT2D eigenvalue weighted by Gasteiger charge is -2.16. The summed E-state index contributed by atoms with van der Waals surface area (Å²) in [5.41, 5.74) is 0. The molecule has 1 rings (SSSR count). The molecule has 1 aliphatic heterocycles. The van der Waals surface area contributed by atoms with Crippen molar-refractivity contribution in [3.63, 3.8) is 0 Å². The number of hydrogen-bond acceptors (Lipinski definition) is 4. The molecule has 1 aliphatic rings. The fourth-order valence-electron chi connectivity index (χ4n) is 0.820. The van der Waals surface area contributed by atoms with Crippen LogP contribution in [0.15, 0.2) is 0 Å². The second-order valence-electron chi connectivity index (χ2n) is 2.24. The zero-order valence-corrected chi connectivity index (χ0v) is 5.57. The van der Waals surface area contributed by atoms with E-state index in [1.807, 2.05) is 0 Å². The molecular formula is C6H6O5. The maximum absolute atomic E-state index is 10.6. The van der Waals surface area contributed by atoms with Crippen molar-refractivity contribution in [1.29, 1.82) is 0 Å². The third-order valence-electron chi connectivity index (χ3n) is 1.30. The molecule has 0 bridgehead atoms. The SMILES string of the molecule is O=C1CC(=O)OC(C(=O)O)C1. The lowest BCUT2D eigenvalue weighted by molar-refractivity contribution is -0.170. The fourth-order valence-corrected chi connectivity index (χ4v) is 0.820. The van der Waals surface area contributed by atoms with E-state index in [1.165, 1.54) is 0 Å². The molecule has 1 atom stereocenters. The van der Waals surface area contributed by atoms with E-state index in [4.69, 9.17) is 5.11 Å². The summed E-state index contributed by atoms with van der Waals surface area (Å²) in [5, 5.41) is 8.34. The van der Waals surface area contributed by atoms with Gasteiger partial charge in [0.15, 0.2) is 0 Å². The number of ketones is 1. The number of carbonyl (C=O) groups is 3. The zero-order valence-electron chi connectivity index (χ0n) is 5.57. The number of carbonyl (C=O) groups excluding carboxylic acids is 2. The van der Waals surface area contributed by atoms with E-state index in [0.29, 0.717) is 0 Å². The molecular weight excluding hydrogens is 152 g/mol. The van der Waals surface area contributed by atoms with E-state index >= 15 is 0 Å². The Hall–Kier alpha value is -1.39. The van der Waals surface area contributed by atoms with Gasteiger partial charge in [-0.3, -0.25) is 9.59 Å². The Labute approximate surface area is 62.0 Å². The summed E-state index contributed by atoms with van der Waals surface area (Å²) in [4.78, 5) is 31.3. The van der Waals surface area contributed by atoms with Crippen molar-refractivity contribution >= 4 is 17.7 Å². The largest absolute Gasteiger partial charge is 0.478 e. The Balaban J connectivity index is 2.63. The van der Waals surface area contributed by atoms with Gasteiger partial charge < -0.3 is 9.84 Å². The van der Waals surface area contributed by atoms with Crippen molar-refractivity contribution in [2.24, 2.45) is 0 Å². The van der Waals surface area contributed by atoms with Gasteiger partial charge in [-0.05, 0) is 0 Å². The van der Waals surface area contributed by atoms with Crippen LogP contribution in [0.25, 0.3) is 0 Å². The minimum Gasteiger partial charge on any atom is -0.478 e. The lowest BCUT2D eigenvalue weighted by Crippen LogP contribution is -2.35. The number of carboxylic acids is 1. The highest BCUT2D eigenvalue weighted by Crippen LogP contribution is 2.10. The van der Waals surface area contributed by atoms with Crippen LogP contribution in [0.1, 0.15) is 12.8 Å². The molecule has 0 aliphatic carbocycles. The molecule has 1 N–H and O–H groups in total. The molecule has 5 nitrogen and oxygen atoms in total. The van der Waals surface area contributed by atoms with E-state index in [2.05, 4.69) is 4.74 Å². The summed E-state index contributed by atoms with van der Waals surface area (Å²) >= 11 is 0. The summed E-state index contributed by atoms with van der Waals surface area (Å²) in [6.45, 7) is 0. The van der Waals surface area contributed by atoms with Crippen LogP contribution in [-0.2, 0) is 19.1 Å². The number of carboxylic acid groups (broad SMARTS) is 1. The Bertz CT molecular complexity index is 203. The first-order valence-corrected chi connectivity index (χ1v) is 3.03. The van der Waals surface area contributed by atoms with E-state index in [1.54, 1.807) is 0 Å². The summed E-state index contributed by atoms with van der Waals surface area (Å²) in [5.74, 6) is -2.41. The molecule has 1 unspecified atom stereocenters. The van der Waals surface area contributed by atoms with Gasteiger partial charge in [-0.25, -0.2) is 4.79 Å².